The van der Waals surface area contributed by atoms with Crippen molar-refractivity contribution >= 4 is 11.6 Å². The van der Waals surface area contributed by atoms with Gasteiger partial charge in [0.2, 0.25) is 0 Å². The second kappa shape index (κ2) is 6.95. The van der Waals surface area contributed by atoms with Gasteiger partial charge < -0.3 is 4.74 Å². The van der Waals surface area contributed by atoms with Crippen LogP contribution in [0, 0.1) is 20.8 Å². The molecule has 0 amide bonds. The molecule has 0 spiro atoms. The van der Waals surface area contributed by atoms with E-state index in [9.17, 15) is 0 Å². The Morgan fingerprint density at radius 2 is 1.65 bits per heavy atom. The lowest BCUT2D eigenvalue weighted by Gasteiger charge is -2.37. The van der Waals surface area contributed by atoms with Crippen LogP contribution in [-0.2, 0) is 11.8 Å². The van der Waals surface area contributed by atoms with Crippen molar-refractivity contribution in [2.45, 2.75) is 66.2 Å². The van der Waals surface area contributed by atoms with Gasteiger partial charge in [-0.2, -0.15) is 0 Å². The minimum Gasteiger partial charge on any atom is -0.497 e. The molecule has 0 saturated heterocycles. The van der Waals surface area contributed by atoms with Gasteiger partial charge in [0.05, 0.1) is 7.11 Å². The highest BCUT2D eigenvalue weighted by Crippen LogP contribution is 2.44. The van der Waals surface area contributed by atoms with Crippen molar-refractivity contribution in [1.29, 1.82) is 0 Å². The Hall–Kier alpha value is -2.02. The minimum atomic E-state index is 0.291. The Kier molecular flexibility index (Phi) is 5.01. The highest BCUT2D eigenvalue weighted by Gasteiger charge is 2.32. The van der Waals surface area contributed by atoms with Gasteiger partial charge in [0, 0.05) is 0 Å². The zero-order valence-electron chi connectivity index (χ0n) is 17.4. The Balaban J connectivity index is 2.13. The van der Waals surface area contributed by atoms with Crippen molar-refractivity contribution in [2.24, 2.45) is 0 Å². The van der Waals surface area contributed by atoms with E-state index in [2.05, 4.69) is 59.8 Å². The number of fused-ring (bicyclic) bond motifs is 1. The summed E-state index contributed by atoms with van der Waals surface area (Å²) in [6, 6.07) is 8.31. The van der Waals surface area contributed by atoms with Crippen LogP contribution in [0.5, 0.6) is 5.75 Å². The maximum Gasteiger partial charge on any atom is 0.118 e. The van der Waals surface area contributed by atoms with E-state index in [0.717, 1.165) is 5.75 Å². The highest BCUT2D eigenvalue weighted by atomic mass is 16.5. The topological polar surface area (TPSA) is 9.23 Å². The molecule has 1 nitrogen and oxygen atoms in total. The van der Waals surface area contributed by atoms with E-state index in [4.69, 9.17) is 4.74 Å². The number of benzene rings is 2. The molecule has 0 unspecified atom stereocenters. The molecule has 0 N–H and O–H groups in total. The van der Waals surface area contributed by atoms with Crippen molar-refractivity contribution < 1.29 is 4.74 Å². The largest absolute Gasteiger partial charge is 0.497 e. The standard InChI is InChI=1S/C25H32O/c1-16(15-20-10-12-21(26-7)13-11-20)23-17(2)18(3)24-22(19(23)4)9-8-14-25(24,5)6/h10-13,15H,8-9,14H2,1-7H3. The molecule has 1 heteroatoms. The number of hydrogen-bond acceptors (Lipinski definition) is 1. The van der Waals surface area contributed by atoms with Crippen molar-refractivity contribution in [3.8, 4) is 5.75 Å². The first kappa shape index (κ1) is 18.8. The van der Waals surface area contributed by atoms with Crippen LogP contribution in [0.15, 0.2) is 24.3 Å². The SMILES string of the molecule is COc1ccc(C=C(C)c2c(C)c(C)c3c(c2C)CCCC3(C)C)cc1. The third-order valence-electron chi connectivity index (χ3n) is 6.24. The predicted octanol–water partition coefficient (Wildman–Crippen LogP) is 6.79. The smallest absolute Gasteiger partial charge is 0.118 e. The summed E-state index contributed by atoms with van der Waals surface area (Å²) in [4.78, 5) is 0. The van der Waals surface area contributed by atoms with E-state index in [1.807, 2.05) is 12.1 Å². The molecule has 3 rings (SSSR count). The number of ether oxygens (including phenoxy) is 1. The molecule has 0 atom stereocenters. The van der Waals surface area contributed by atoms with Crippen LogP contribution in [0.2, 0.25) is 0 Å². The van der Waals surface area contributed by atoms with Gasteiger partial charge >= 0.3 is 0 Å². The third kappa shape index (κ3) is 3.20. The first-order valence-corrected chi connectivity index (χ1v) is 9.72. The summed E-state index contributed by atoms with van der Waals surface area (Å²) in [5.74, 6) is 0.902. The van der Waals surface area contributed by atoms with E-state index in [0.29, 0.717) is 5.41 Å². The molecule has 0 aliphatic heterocycles. The molecule has 0 heterocycles. The monoisotopic (exact) mass is 348 g/mol. The first-order valence-electron chi connectivity index (χ1n) is 9.72. The number of methoxy groups -OCH3 is 1. The Morgan fingerprint density at radius 3 is 2.27 bits per heavy atom. The van der Waals surface area contributed by atoms with E-state index in [1.165, 1.54) is 52.7 Å². The summed E-state index contributed by atoms with van der Waals surface area (Å²) in [5, 5.41) is 0. The molecule has 2 aromatic rings. The summed E-state index contributed by atoms with van der Waals surface area (Å²) in [6.07, 6.45) is 6.10. The predicted molar refractivity (Wildman–Crippen MR) is 113 cm³/mol. The lowest BCUT2D eigenvalue weighted by atomic mass is 9.68. The molecule has 0 aromatic heterocycles. The normalized spacial score (nSPS) is 16.3. The van der Waals surface area contributed by atoms with E-state index >= 15 is 0 Å². The molecule has 0 bridgehead atoms. The van der Waals surface area contributed by atoms with Gasteiger partial charge in [0.15, 0.2) is 0 Å². The van der Waals surface area contributed by atoms with Crippen molar-refractivity contribution in [1.82, 2.24) is 0 Å². The summed E-state index contributed by atoms with van der Waals surface area (Å²) in [6.45, 7) is 14.0. The van der Waals surface area contributed by atoms with Gasteiger partial charge in [-0.1, -0.05) is 32.1 Å². The Morgan fingerprint density at radius 1 is 1.00 bits per heavy atom. The number of allylic oxidation sites excluding steroid dienone is 1. The van der Waals surface area contributed by atoms with Crippen LogP contribution in [0.25, 0.3) is 11.6 Å². The highest BCUT2D eigenvalue weighted by molar-refractivity contribution is 5.84. The summed E-state index contributed by atoms with van der Waals surface area (Å²) < 4.78 is 5.27. The van der Waals surface area contributed by atoms with E-state index < -0.39 is 0 Å². The number of rotatable bonds is 3. The van der Waals surface area contributed by atoms with Crippen LogP contribution in [0.1, 0.15) is 72.6 Å². The second-order valence-corrected chi connectivity index (χ2v) is 8.44. The van der Waals surface area contributed by atoms with E-state index in [1.54, 1.807) is 18.2 Å². The van der Waals surface area contributed by atoms with Crippen LogP contribution in [0.4, 0.5) is 0 Å². The average molecular weight is 349 g/mol. The molecular weight excluding hydrogens is 316 g/mol. The fourth-order valence-corrected chi connectivity index (χ4v) is 4.90. The zero-order chi connectivity index (χ0) is 19.1. The third-order valence-corrected chi connectivity index (χ3v) is 6.24. The molecule has 1 aliphatic rings. The molecule has 2 aromatic carbocycles. The van der Waals surface area contributed by atoms with Crippen molar-refractivity contribution in [3.63, 3.8) is 0 Å². The molecule has 0 radical (unpaired) electrons. The van der Waals surface area contributed by atoms with Crippen LogP contribution in [0.3, 0.4) is 0 Å². The Bertz CT molecular complexity index is 851. The van der Waals surface area contributed by atoms with Crippen LogP contribution in [-0.4, -0.2) is 7.11 Å². The van der Waals surface area contributed by atoms with Gasteiger partial charge in [0.25, 0.3) is 0 Å². The molecule has 0 saturated carbocycles. The maximum absolute atomic E-state index is 5.27. The quantitative estimate of drug-likeness (QED) is 0.555. The van der Waals surface area contributed by atoms with Crippen molar-refractivity contribution in [2.75, 3.05) is 7.11 Å². The average Bonchev–Trinajstić information content (AvgIpc) is 2.59. The zero-order valence-corrected chi connectivity index (χ0v) is 17.4. The molecular formula is C25H32O. The fourth-order valence-electron chi connectivity index (χ4n) is 4.90. The summed E-state index contributed by atoms with van der Waals surface area (Å²) in [7, 11) is 1.71. The molecule has 26 heavy (non-hydrogen) atoms. The van der Waals surface area contributed by atoms with Gasteiger partial charge in [-0.25, -0.2) is 0 Å². The lowest BCUT2D eigenvalue weighted by molar-refractivity contribution is 0.415. The number of hydrogen-bond donors (Lipinski definition) is 0. The molecule has 0 fully saturated rings. The van der Waals surface area contributed by atoms with Gasteiger partial charge in [-0.05, 0) is 109 Å². The summed E-state index contributed by atoms with van der Waals surface area (Å²) in [5.41, 5.74) is 11.9. The van der Waals surface area contributed by atoms with Crippen LogP contribution < -0.4 is 4.74 Å². The van der Waals surface area contributed by atoms with Gasteiger partial charge in [-0.3, -0.25) is 0 Å². The molecule has 138 valence electrons. The van der Waals surface area contributed by atoms with Crippen LogP contribution >= 0.6 is 0 Å². The van der Waals surface area contributed by atoms with Crippen molar-refractivity contribution in [3.05, 3.63) is 63.2 Å². The van der Waals surface area contributed by atoms with E-state index in [-0.39, 0.29) is 0 Å². The first-order chi connectivity index (χ1) is 12.3. The maximum atomic E-state index is 5.27. The summed E-state index contributed by atoms with van der Waals surface area (Å²) >= 11 is 0. The molecule has 1 aliphatic carbocycles. The Labute approximate surface area is 159 Å². The lowest BCUT2D eigenvalue weighted by Crippen LogP contribution is -2.27. The fraction of sp³-hybridized carbons (Fsp3) is 0.440. The second-order valence-electron chi connectivity index (χ2n) is 8.44. The van der Waals surface area contributed by atoms with Gasteiger partial charge in [-0.15, -0.1) is 0 Å². The minimum absolute atomic E-state index is 0.291. The van der Waals surface area contributed by atoms with Gasteiger partial charge in [0.1, 0.15) is 5.75 Å².